The van der Waals surface area contributed by atoms with Crippen LogP contribution in [0, 0.1) is 5.41 Å². The topological polar surface area (TPSA) is 30.5 Å². The molecule has 3 nitrogen and oxygen atoms in total. The fraction of sp³-hybridized carbons (Fsp3) is 0.600. The lowest BCUT2D eigenvalue weighted by Crippen LogP contribution is -2.34. The molecule has 0 heterocycles. The lowest BCUT2D eigenvalue weighted by Gasteiger charge is -2.25. The molecule has 0 radical (unpaired) electrons. The number of methoxy groups -OCH3 is 1. The van der Waals surface area contributed by atoms with Crippen LogP contribution in [0.1, 0.15) is 27.2 Å². The van der Waals surface area contributed by atoms with Crippen LogP contribution < -0.4 is 14.8 Å². The van der Waals surface area contributed by atoms with E-state index in [4.69, 9.17) is 9.47 Å². The van der Waals surface area contributed by atoms with Gasteiger partial charge in [-0.25, -0.2) is 0 Å². The van der Waals surface area contributed by atoms with Crippen LogP contribution in [0.2, 0.25) is 0 Å². The Labute approximate surface area is 110 Å². The highest BCUT2D eigenvalue weighted by Crippen LogP contribution is 2.22. The number of hydrogen-bond donors (Lipinski definition) is 1. The second-order valence-electron chi connectivity index (χ2n) is 5.31. The molecule has 0 amide bonds. The lowest BCUT2D eigenvalue weighted by atomic mass is 9.95. The van der Waals surface area contributed by atoms with E-state index in [9.17, 15) is 0 Å². The summed E-state index contributed by atoms with van der Waals surface area (Å²) in [5, 5.41) is 3.43. The average molecular weight is 251 g/mol. The van der Waals surface area contributed by atoms with Crippen molar-refractivity contribution in [2.45, 2.75) is 27.2 Å². The third-order valence-corrected chi connectivity index (χ3v) is 2.70. The Bertz CT molecular complexity index is 350. The molecule has 1 aromatic rings. The Hall–Kier alpha value is -1.22. The van der Waals surface area contributed by atoms with Crippen molar-refractivity contribution in [2.75, 3.05) is 26.8 Å². The van der Waals surface area contributed by atoms with Crippen LogP contribution in [0.15, 0.2) is 24.3 Å². The maximum Gasteiger partial charge on any atom is 0.123 e. The molecule has 0 aliphatic carbocycles. The Morgan fingerprint density at radius 3 is 2.61 bits per heavy atom. The quantitative estimate of drug-likeness (QED) is 0.720. The summed E-state index contributed by atoms with van der Waals surface area (Å²) in [5.41, 5.74) is 0.123. The zero-order chi connectivity index (χ0) is 13.4. The van der Waals surface area contributed by atoms with Crippen molar-refractivity contribution in [3.05, 3.63) is 24.3 Å². The highest BCUT2D eigenvalue weighted by Gasteiger charge is 2.18. The maximum absolute atomic E-state index is 5.82. The molecule has 0 saturated heterocycles. The molecule has 0 aromatic heterocycles. The maximum atomic E-state index is 5.82. The molecule has 0 aliphatic heterocycles. The predicted molar refractivity (Wildman–Crippen MR) is 75.4 cm³/mol. The van der Waals surface area contributed by atoms with Gasteiger partial charge in [0.1, 0.15) is 11.5 Å². The highest BCUT2D eigenvalue weighted by molar-refractivity contribution is 5.32. The number of ether oxygens (including phenoxy) is 2. The van der Waals surface area contributed by atoms with Crippen molar-refractivity contribution in [2.24, 2.45) is 5.41 Å². The molecule has 1 N–H and O–H groups in total. The minimum absolute atomic E-state index is 0.123. The summed E-state index contributed by atoms with van der Waals surface area (Å²) < 4.78 is 11.0. The molecule has 3 heteroatoms. The Balaban J connectivity index is 2.42. The number of hydrogen-bond acceptors (Lipinski definition) is 3. The predicted octanol–water partition coefficient (Wildman–Crippen LogP) is 3.10. The van der Waals surface area contributed by atoms with Crippen LogP contribution in [0.3, 0.4) is 0 Å². The number of rotatable bonds is 8. The van der Waals surface area contributed by atoms with Crippen LogP contribution in [0.5, 0.6) is 11.5 Å². The molecule has 18 heavy (non-hydrogen) atoms. The van der Waals surface area contributed by atoms with E-state index in [2.05, 4.69) is 26.1 Å². The summed E-state index contributed by atoms with van der Waals surface area (Å²) in [7, 11) is 1.66. The summed E-state index contributed by atoms with van der Waals surface area (Å²) in [6, 6.07) is 7.73. The lowest BCUT2D eigenvalue weighted by molar-refractivity contribution is 0.176. The molecule has 0 fully saturated rings. The van der Waals surface area contributed by atoms with Crippen molar-refractivity contribution in [3.63, 3.8) is 0 Å². The van der Waals surface area contributed by atoms with Gasteiger partial charge in [0.05, 0.1) is 13.7 Å². The van der Waals surface area contributed by atoms with Gasteiger partial charge in [0.2, 0.25) is 0 Å². The molecular weight excluding hydrogens is 226 g/mol. The van der Waals surface area contributed by atoms with Crippen molar-refractivity contribution in [1.82, 2.24) is 5.32 Å². The first-order chi connectivity index (χ1) is 8.57. The van der Waals surface area contributed by atoms with Crippen molar-refractivity contribution < 1.29 is 9.47 Å². The van der Waals surface area contributed by atoms with Crippen LogP contribution in [-0.2, 0) is 0 Å². The van der Waals surface area contributed by atoms with E-state index in [-0.39, 0.29) is 5.41 Å². The minimum atomic E-state index is 0.123. The van der Waals surface area contributed by atoms with E-state index >= 15 is 0 Å². The van der Waals surface area contributed by atoms with Crippen LogP contribution in [0.25, 0.3) is 0 Å². The second kappa shape index (κ2) is 7.27. The van der Waals surface area contributed by atoms with E-state index in [1.165, 1.54) is 0 Å². The molecule has 0 saturated carbocycles. The van der Waals surface area contributed by atoms with Gasteiger partial charge in [-0.1, -0.05) is 26.8 Å². The molecule has 102 valence electrons. The molecule has 1 aromatic carbocycles. The molecular formula is C15H25NO2. The van der Waals surface area contributed by atoms with Gasteiger partial charge in [0, 0.05) is 18.0 Å². The normalized spacial score (nSPS) is 11.3. The van der Waals surface area contributed by atoms with Crippen molar-refractivity contribution >= 4 is 0 Å². The van der Waals surface area contributed by atoms with Gasteiger partial charge >= 0.3 is 0 Å². The van der Waals surface area contributed by atoms with Crippen LogP contribution in [-0.4, -0.2) is 26.8 Å². The molecule has 0 atom stereocenters. The zero-order valence-electron chi connectivity index (χ0n) is 12.0. The Morgan fingerprint density at radius 2 is 1.94 bits per heavy atom. The molecule has 0 spiro atoms. The van der Waals surface area contributed by atoms with Crippen molar-refractivity contribution in [3.8, 4) is 11.5 Å². The summed E-state index contributed by atoms with van der Waals surface area (Å²) in [6.07, 6.45) is 1.16. The van der Waals surface area contributed by atoms with Gasteiger partial charge in [-0.3, -0.25) is 0 Å². The molecule has 0 unspecified atom stereocenters. The smallest absolute Gasteiger partial charge is 0.123 e. The number of nitrogens with one attached hydrogen (secondary N) is 1. The van der Waals surface area contributed by atoms with Gasteiger partial charge < -0.3 is 14.8 Å². The van der Waals surface area contributed by atoms with E-state index in [1.807, 2.05) is 24.3 Å². The Morgan fingerprint density at radius 1 is 1.22 bits per heavy atom. The van der Waals surface area contributed by atoms with Gasteiger partial charge in [0.25, 0.3) is 0 Å². The fourth-order valence-corrected chi connectivity index (χ4v) is 1.62. The van der Waals surface area contributed by atoms with Gasteiger partial charge in [-0.05, 0) is 25.1 Å². The van der Waals surface area contributed by atoms with E-state index < -0.39 is 0 Å². The van der Waals surface area contributed by atoms with E-state index in [0.717, 1.165) is 31.0 Å². The Kier molecular flexibility index (Phi) is 5.99. The summed E-state index contributed by atoms with van der Waals surface area (Å²) >= 11 is 0. The van der Waals surface area contributed by atoms with Crippen LogP contribution in [0.4, 0.5) is 0 Å². The number of benzene rings is 1. The van der Waals surface area contributed by atoms with Gasteiger partial charge in [0.15, 0.2) is 0 Å². The van der Waals surface area contributed by atoms with Crippen LogP contribution >= 0.6 is 0 Å². The van der Waals surface area contributed by atoms with Gasteiger partial charge in [-0.15, -0.1) is 0 Å². The molecule has 1 rings (SSSR count). The van der Waals surface area contributed by atoms with E-state index in [1.54, 1.807) is 7.11 Å². The summed E-state index contributed by atoms with van der Waals surface area (Å²) in [5.74, 6) is 1.69. The second-order valence-corrected chi connectivity index (χ2v) is 5.31. The third-order valence-electron chi connectivity index (χ3n) is 2.70. The monoisotopic (exact) mass is 251 g/mol. The minimum Gasteiger partial charge on any atom is -0.497 e. The third kappa shape index (κ3) is 5.41. The summed E-state index contributed by atoms with van der Waals surface area (Å²) in [6.45, 7) is 9.29. The standard InChI is InChI=1S/C15H25NO2/c1-5-9-16-11-15(2,3)12-18-14-8-6-7-13(10-14)17-4/h6-8,10,16H,5,9,11-12H2,1-4H3. The van der Waals surface area contributed by atoms with E-state index in [0.29, 0.717) is 6.61 Å². The SMILES string of the molecule is CCCNCC(C)(C)COc1cccc(OC)c1. The summed E-state index contributed by atoms with van der Waals surface area (Å²) in [4.78, 5) is 0. The van der Waals surface area contributed by atoms with Crippen molar-refractivity contribution in [1.29, 1.82) is 0 Å². The molecule has 0 bridgehead atoms. The molecule has 0 aliphatic rings. The zero-order valence-corrected chi connectivity index (χ0v) is 12.0. The first kappa shape index (κ1) is 14.8. The average Bonchev–Trinajstić information content (AvgIpc) is 2.37. The van der Waals surface area contributed by atoms with Gasteiger partial charge in [-0.2, -0.15) is 0 Å². The first-order valence-electron chi connectivity index (χ1n) is 6.55. The largest absolute Gasteiger partial charge is 0.497 e. The fourth-order valence-electron chi connectivity index (χ4n) is 1.62. The highest BCUT2D eigenvalue weighted by atomic mass is 16.5. The first-order valence-corrected chi connectivity index (χ1v) is 6.55.